The Hall–Kier alpha value is -0.0400. The molecule has 0 saturated heterocycles. The van der Waals surface area contributed by atoms with Crippen LogP contribution in [0.4, 0.5) is 0 Å². The third-order valence-electron chi connectivity index (χ3n) is 4.57. The SMILES string of the molecule is CCCN(C1CCCCC1)C1CCCCC1. The zero-order valence-electron chi connectivity index (χ0n) is 11.1. The third kappa shape index (κ3) is 3.23. The third-order valence-corrected chi connectivity index (χ3v) is 4.57. The van der Waals surface area contributed by atoms with Crippen LogP contribution in [0.3, 0.4) is 0 Å². The van der Waals surface area contributed by atoms with Crippen LogP contribution in [-0.2, 0) is 0 Å². The molecule has 0 heterocycles. The van der Waals surface area contributed by atoms with Gasteiger partial charge in [-0.3, -0.25) is 4.90 Å². The molecule has 2 fully saturated rings. The Kier molecular flexibility index (Phi) is 5.15. The molecule has 0 bridgehead atoms. The van der Waals surface area contributed by atoms with Crippen molar-refractivity contribution in [1.29, 1.82) is 0 Å². The first-order valence-corrected chi connectivity index (χ1v) is 7.67. The standard InChI is InChI=1S/C15H29N/c1-2-13-16(14-9-5-3-6-10-14)15-11-7-4-8-12-15/h14-15H,2-13H2,1H3. The van der Waals surface area contributed by atoms with Crippen LogP contribution in [0.5, 0.6) is 0 Å². The molecule has 1 heteroatoms. The number of hydrogen-bond acceptors (Lipinski definition) is 1. The number of nitrogens with zero attached hydrogens (tertiary/aromatic N) is 1. The zero-order chi connectivity index (χ0) is 11.2. The molecule has 2 rings (SSSR count). The summed E-state index contributed by atoms with van der Waals surface area (Å²) >= 11 is 0. The molecule has 16 heavy (non-hydrogen) atoms. The van der Waals surface area contributed by atoms with Gasteiger partial charge in [-0.05, 0) is 38.6 Å². The van der Waals surface area contributed by atoms with Crippen LogP contribution in [0.1, 0.15) is 77.6 Å². The molecule has 2 saturated carbocycles. The predicted molar refractivity (Wildman–Crippen MR) is 70.7 cm³/mol. The van der Waals surface area contributed by atoms with Gasteiger partial charge in [0, 0.05) is 12.1 Å². The Balaban J connectivity index is 1.91. The first-order valence-electron chi connectivity index (χ1n) is 7.67. The second-order valence-corrected chi connectivity index (χ2v) is 5.82. The van der Waals surface area contributed by atoms with Gasteiger partial charge in [0.05, 0.1) is 0 Å². The van der Waals surface area contributed by atoms with E-state index in [1.165, 1.54) is 77.2 Å². The molecule has 0 aromatic heterocycles. The topological polar surface area (TPSA) is 3.24 Å². The highest BCUT2D eigenvalue weighted by molar-refractivity contribution is 4.83. The van der Waals surface area contributed by atoms with Crippen LogP contribution >= 0.6 is 0 Å². The van der Waals surface area contributed by atoms with Gasteiger partial charge in [-0.2, -0.15) is 0 Å². The van der Waals surface area contributed by atoms with E-state index in [2.05, 4.69) is 11.8 Å². The van der Waals surface area contributed by atoms with Gasteiger partial charge in [0.2, 0.25) is 0 Å². The number of hydrogen-bond donors (Lipinski definition) is 0. The van der Waals surface area contributed by atoms with Gasteiger partial charge in [0.15, 0.2) is 0 Å². The van der Waals surface area contributed by atoms with E-state index in [-0.39, 0.29) is 0 Å². The fraction of sp³-hybridized carbons (Fsp3) is 1.00. The van der Waals surface area contributed by atoms with E-state index in [0.717, 1.165) is 12.1 Å². The Morgan fingerprint density at radius 2 is 1.19 bits per heavy atom. The molecular formula is C15H29N. The molecule has 0 atom stereocenters. The summed E-state index contributed by atoms with van der Waals surface area (Å²) in [6, 6.07) is 1.88. The van der Waals surface area contributed by atoms with Crippen LogP contribution in [0.2, 0.25) is 0 Å². The van der Waals surface area contributed by atoms with Crippen LogP contribution in [0.15, 0.2) is 0 Å². The minimum absolute atomic E-state index is 0.941. The summed E-state index contributed by atoms with van der Waals surface area (Å²) in [6.45, 7) is 3.70. The fourth-order valence-corrected chi connectivity index (χ4v) is 3.75. The summed E-state index contributed by atoms with van der Waals surface area (Å²) in [4.78, 5) is 2.90. The second-order valence-electron chi connectivity index (χ2n) is 5.82. The molecule has 2 aliphatic carbocycles. The average molecular weight is 223 g/mol. The van der Waals surface area contributed by atoms with Crippen molar-refractivity contribution in [3.05, 3.63) is 0 Å². The normalized spacial score (nSPS) is 25.1. The molecule has 0 spiro atoms. The molecule has 94 valence electrons. The lowest BCUT2D eigenvalue weighted by Gasteiger charge is -2.41. The summed E-state index contributed by atoms with van der Waals surface area (Å²) in [5, 5.41) is 0. The first kappa shape index (κ1) is 12.4. The van der Waals surface area contributed by atoms with E-state index in [0.29, 0.717) is 0 Å². The number of rotatable bonds is 4. The van der Waals surface area contributed by atoms with Gasteiger partial charge in [-0.25, -0.2) is 0 Å². The molecule has 0 N–H and O–H groups in total. The highest BCUT2D eigenvalue weighted by atomic mass is 15.2. The Bertz CT molecular complexity index is 160. The summed E-state index contributed by atoms with van der Waals surface area (Å²) < 4.78 is 0. The Labute approximate surface area is 102 Å². The molecule has 2 aliphatic rings. The Morgan fingerprint density at radius 1 is 0.750 bits per heavy atom. The summed E-state index contributed by atoms with van der Waals surface area (Å²) in [7, 11) is 0. The quantitative estimate of drug-likeness (QED) is 0.684. The van der Waals surface area contributed by atoms with Crippen molar-refractivity contribution in [1.82, 2.24) is 4.90 Å². The van der Waals surface area contributed by atoms with Gasteiger partial charge < -0.3 is 0 Å². The summed E-state index contributed by atoms with van der Waals surface area (Å²) in [5.41, 5.74) is 0. The average Bonchev–Trinajstić information content (AvgIpc) is 2.38. The first-order chi connectivity index (χ1) is 7.92. The minimum atomic E-state index is 0.941. The maximum Gasteiger partial charge on any atom is 0.00981 e. The van der Waals surface area contributed by atoms with Gasteiger partial charge in [-0.15, -0.1) is 0 Å². The van der Waals surface area contributed by atoms with Crippen LogP contribution in [0, 0.1) is 0 Å². The molecular weight excluding hydrogens is 194 g/mol. The monoisotopic (exact) mass is 223 g/mol. The van der Waals surface area contributed by atoms with Crippen molar-refractivity contribution in [3.8, 4) is 0 Å². The molecule has 0 aromatic carbocycles. The molecule has 1 nitrogen and oxygen atoms in total. The zero-order valence-corrected chi connectivity index (χ0v) is 11.1. The van der Waals surface area contributed by atoms with E-state index in [1.54, 1.807) is 0 Å². The maximum absolute atomic E-state index is 2.90. The molecule has 0 aromatic rings. The van der Waals surface area contributed by atoms with Crippen molar-refractivity contribution in [2.75, 3.05) is 6.54 Å². The van der Waals surface area contributed by atoms with Crippen molar-refractivity contribution in [2.45, 2.75) is 89.6 Å². The van der Waals surface area contributed by atoms with Gasteiger partial charge in [-0.1, -0.05) is 45.4 Å². The molecule has 0 amide bonds. The predicted octanol–water partition coefficient (Wildman–Crippen LogP) is 4.36. The van der Waals surface area contributed by atoms with Crippen molar-refractivity contribution >= 4 is 0 Å². The highest BCUT2D eigenvalue weighted by Gasteiger charge is 2.27. The van der Waals surface area contributed by atoms with Crippen molar-refractivity contribution in [2.24, 2.45) is 0 Å². The van der Waals surface area contributed by atoms with Crippen LogP contribution < -0.4 is 0 Å². The van der Waals surface area contributed by atoms with Gasteiger partial charge in [0.25, 0.3) is 0 Å². The van der Waals surface area contributed by atoms with Crippen LogP contribution in [-0.4, -0.2) is 23.5 Å². The van der Waals surface area contributed by atoms with Gasteiger partial charge >= 0.3 is 0 Å². The molecule has 0 unspecified atom stereocenters. The van der Waals surface area contributed by atoms with E-state index >= 15 is 0 Å². The lowest BCUT2D eigenvalue weighted by Crippen LogP contribution is -2.45. The van der Waals surface area contributed by atoms with Crippen molar-refractivity contribution < 1.29 is 0 Å². The van der Waals surface area contributed by atoms with E-state index in [4.69, 9.17) is 0 Å². The second kappa shape index (κ2) is 6.64. The van der Waals surface area contributed by atoms with Crippen LogP contribution in [0.25, 0.3) is 0 Å². The summed E-state index contributed by atoms with van der Waals surface area (Å²) in [5.74, 6) is 0. The smallest absolute Gasteiger partial charge is 0.00981 e. The maximum atomic E-state index is 2.90. The Morgan fingerprint density at radius 3 is 1.56 bits per heavy atom. The summed E-state index contributed by atoms with van der Waals surface area (Å²) in [6.07, 6.45) is 16.2. The highest BCUT2D eigenvalue weighted by Crippen LogP contribution is 2.30. The fourth-order valence-electron chi connectivity index (χ4n) is 3.75. The minimum Gasteiger partial charge on any atom is -0.297 e. The lowest BCUT2D eigenvalue weighted by atomic mass is 9.88. The van der Waals surface area contributed by atoms with E-state index < -0.39 is 0 Å². The van der Waals surface area contributed by atoms with Crippen molar-refractivity contribution in [3.63, 3.8) is 0 Å². The molecule has 0 aliphatic heterocycles. The van der Waals surface area contributed by atoms with Gasteiger partial charge in [0.1, 0.15) is 0 Å². The largest absolute Gasteiger partial charge is 0.297 e. The van der Waals surface area contributed by atoms with E-state index in [9.17, 15) is 0 Å². The molecule has 0 radical (unpaired) electrons. The van der Waals surface area contributed by atoms with E-state index in [1.807, 2.05) is 0 Å². The lowest BCUT2D eigenvalue weighted by molar-refractivity contribution is 0.0810.